The van der Waals surface area contributed by atoms with Crippen molar-refractivity contribution in [3.63, 3.8) is 0 Å². The van der Waals surface area contributed by atoms with Crippen molar-refractivity contribution in [2.45, 2.75) is 12.5 Å². The number of nitrogens with two attached hydrogens (primary N) is 1. The predicted octanol–water partition coefficient (Wildman–Crippen LogP) is 3.10. The van der Waals surface area contributed by atoms with Gasteiger partial charge < -0.3 is 15.2 Å². The number of halogens is 1. The number of fused-ring (bicyclic) bond motifs is 1. The maximum atomic E-state index is 13.7. The largest absolute Gasteiger partial charge is 0.485 e. The number of anilines is 1. The van der Waals surface area contributed by atoms with Gasteiger partial charge in [0.25, 0.3) is 0 Å². The average molecular weight is 273 g/mol. The van der Waals surface area contributed by atoms with Gasteiger partial charge in [-0.15, -0.1) is 0 Å². The first-order valence-electron chi connectivity index (χ1n) is 6.62. The summed E-state index contributed by atoms with van der Waals surface area (Å²) in [5, 5.41) is 0. The SMILES string of the molecule is Nc1cccc(F)c1OCC1OCCc2ccccc21. The minimum Gasteiger partial charge on any atom is -0.485 e. The number of para-hydroxylation sites is 1. The zero-order valence-corrected chi connectivity index (χ0v) is 11.0. The first kappa shape index (κ1) is 12.9. The molecule has 2 aromatic carbocycles. The minimum absolute atomic E-state index is 0.0964. The quantitative estimate of drug-likeness (QED) is 0.874. The van der Waals surface area contributed by atoms with E-state index in [1.54, 1.807) is 12.1 Å². The molecule has 0 aromatic heterocycles. The van der Waals surface area contributed by atoms with Crippen molar-refractivity contribution < 1.29 is 13.9 Å². The van der Waals surface area contributed by atoms with Crippen molar-refractivity contribution in [1.29, 1.82) is 0 Å². The van der Waals surface area contributed by atoms with Crippen LogP contribution in [0.4, 0.5) is 10.1 Å². The molecule has 0 amide bonds. The zero-order valence-electron chi connectivity index (χ0n) is 11.0. The van der Waals surface area contributed by atoms with Crippen LogP contribution in [0.2, 0.25) is 0 Å². The van der Waals surface area contributed by atoms with Gasteiger partial charge in [0.1, 0.15) is 12.7 Å². The summed E-state index contributed by atoms with van der Waals surface area (Å²) in [6.07, 6.45) is 0.716. The molecule has 104 valence electrons. The van der Waals surface area contributed by atoms with Crippen LogP contribution in [0.3, 0.4) is 0 Å². The Kier molecular flexibility index (Phi) is 3.56. The molecule has 0 radical (unpaired) electrons. The van der Waals surface area contributed by atoms with E-state index in [1.807, 2.05) is 18.2 Å². The lowest BCUT2D eigenvalue weighted by Gasteiger charge is -2.26. The smallest absolute Gasteiger partial charge is 0.177 e. The normalized spacial score (nSPS) is 17.6. The van der Waals surface area contributed by atoms with Gasteiger partial charge >= 0.3 is 0 Å². The molecule has 3 rings (SSSR count). The maximum Gasteiger partial charge on any atom is 0.177 e. The Bertz CT molecular complexity index is 595. The van der Waals surface area contributed by atoms with Crippen molar-refractivity contribution >= 4 is 5.69 Å². The summed E-state index contributed by atoms with van der Waals surface area (Å²) in [6.45, 7) is 0.903. The Morgan fingerprint density at radius 1 is 1.20 bits per heavy atom. The molecule has 0 aliphatic carbocycles. The molecule has 1 aliphatic rings. The predicted molar refractivity (Wildman–Crippen MR) is 75.1 cm³/mol. The number of hydrogen-bond acceptors (Lipinski definition) is 3. The van der Waals surface area contributed by atoms with E-state index in [0.717, 1.165) is 12.0 Å². The summed E-state index contributed by atoms with van der Waals surface area (Å²) < 4.78 is 24.9. The standard InChI is InChI=1S/C16H16FNO2/c17-13-6-3-7-14(18)16(13)20-10-15-12-5-2-1-4-11(12)8-9-19-15/h1-7,15H,8-10,18H2. The Balaban J connectivity index is 1.77. The minimum atomic E-state index is -0.450. The molecule has 0 saturated heterocycles. The van der Waals surface area contributed by atoms with Crippen LogP contribution in [0.5, 0.6) is 5.75 Å². The highest BCUT2D eigenvalue weighted by Crippen LogP contribution is 2.30. The van der Waals surface area contributed by atoms with E-state index >= 15 is 0 Å². The van der Waals surface area contributed by atoms with Gasteiger partial charge in [0.15, 0.2) is 11.6 Å². The lowest BCUT2D eigenvalue weighted by atomic mass is 9.98. The molecule has 0 saturated carbocycles. The Morgan fingerprint density at radius 2 is 2.05 bits per heavy atom. The summed E-state index contributed by atoms with van der Waals surface area (Å²) >= 11 is 0. The molecular formula is C16H16FNO2. The van der Waals surface area contributed by atoms with Gasteiger partial charge in [0.2, 0.25) is 0 Å². The molecule has 0 bridgehead atoms. The number of rotatable bonds is 3. The Hall–Kier alpha value is -2.07. The summed E-state index contributed by atoms with van der Waals surface area (Å²) in [6, 6.07) is 12.6. The third kappa shape index (κ3) is 2.47. The molecule has 1 atom stereocenters. The van der Waals surface area contributed by atoms with Crippen molar-refractivity contribution in [2.75, 3.05) is 18.9 Å². The molecule has 3 nitrogen and oxygen atoms in total. The van der Waals surface area contributed by atoms with Gasteiger partial charge in [0.05, 0.1) is 12.3 Å². The van der Waals surface area contributed by atoms with Gasteiger partial charge in [-0.05, 0) is 29.7 Å². The first-order chi connectivity index (χ1) is 9.75. The van der Waals surface area contributed by atoms with E-state index in [2.05, 4.69) is 6.07 Å². The van der Waals surface area contributed by atoms with Crippen LogP contribution < -0.4 is 10.5 Å². The Morgan fingerprint density at radius 3 is 2.90 bits per heavy atom. The fourth-order valence-corrected chi connectivity index (χ4v) is 2.45. The lowest BCUT2D eigenvalue weighted by Crippen LogP contribution is -2.22. The van der Waals surface area contributed by atoms with Gasteiger partial charge in [-0.2, -0.15) is 0 Å². The molecule has 0 spiro atoms. The molecule has 1 heterocycles. The van der Waals surface area contributed by atoms with Gasteiger partial charge in [-0.25, -0.2) is 4.39 Å². The zero-order chi connectivity index (χ0) is 13.9. The molecule has 1 aliphatic heterocycles. The van der Waals surface area contributed by atoms with E-state index in [1.165, 1.54) is 11.6 Å². The highest BCUT2D eigenvalue weighted by molar-refractivity contribution is 5.52. The second kappa shape index (κ2) is 5.51. The average Bonchev–Trinajstić information content (AvgIpc) is 2.47. The van der Waals surface area contributed by atoms with Crippen LogP contribution in [0.1, 0.15) is 17.2 Å². The molecule has 20 heavy (non-hydrogen) atoms. The summed E-state index contributed by atoms with van der Waals surface area (Å²) in [5.41, 5.74) is 8.39. The van der Waals surface area contributed by atoms with Crippen molar-refractivity contribution in [2.24, 2.45) is 0 Å². The topological polar surface area (TPSA) is 44.5 Å². The van der Waals surface area contributed by atoms with Crippen molar-refractivity contribution in [1.82, 2.24) is 0 Å². The molecule has 2 aromatic rings. The van der Waals surface area contributed by atoms with Crippen LogP contribution in [-0.4, -0.2) is 13.2 Å². The highest BCUT2D eigenvalue weighted by Gasteiger charge is 2.21. The molecular weight excluding hydrogens is 257 g/mol. The third-order valence-electron chi connectivity index (χ3n) is 3.47. The second-order valence-electron chi connectivity index (χ2n) is 4.78. The van der Waals surface area contributed by atoms with E-state index in [0.29, 0.717) is 12.3 Å². The molecule has 0 fully saturated rings. The van der Waals surface area contributed by atoms with Crippen molar-refractivity contribution in [3.05, 3.63) is 59.4 Å². The summed E-state index contributed by atoms with van der Waals surface area (Å²) in [4.78, 5) is 0. The number of ether oxygens (including phenoxy) is 2. The van der Waals surface area contributed by atoms with Crippen LogP contribution in [-0.2, 0) is 11.2 Å². The monoisotopic (exact) mass is 273 g/mol. The van der Waals surface area contributed by atoms with Crippen molar-refractivity contribution in [3.8, 4) is 5.75 Å². The lowest BCUT2D eigenvalue weighted by molar-refractivity contribution is 0.00955. The van der Waals surface area contributed by atoms with E-state index < -0.39 is 5.82 Å². The summed E-state index contributed by atoms with van der Waals surface area (Å²) in [5.74, 6) is -0.353. The number of hydrogen-bond donors (Lipinski definition) is 1. The van der Waals surface area contributed by atoms with Crippen LogP contribution in [0.25, 0.3) is 0 Å². The number of benzene rings is 2. The Labute approximate surface area is 117 Å². The van der Waals surface area contributed by atoms with Gasteiger partial charge in [0, 0.05) is 0 Å². The third-order valence-corrected chi connectivity index (χ3v) is 3.47. The van der Waals surface area contributed by atoms with E-state index in [4.69, 9.17) is 15.2 Å². The molecule has 2 N–H and O–H groups in total. The second-order valence-corrected chi connectivity index (χ2v) is 4.78. The first-order valence-corrected chi connectivity index (χ1v) is 6.62. The molecule has 4 heteroatoms. The molecule has 1 unspecified atom stereocenters. The van der Waals surface area contributed by atoms with Crippen LogP contribution >= 0.6 is 0 Å². The van der Waals surface area contributed by atoms with E-state index in [9.17, 15) is 4.39 Å². The van der Waals surface area contributed by atoms with Crippen LogP contribution in [0, 0.1) is 5.82 Å². The number of nitrogen functional groups attached to an aromatic ring is 1. The summed E-state index contributed by atoms with van der Waals surface area (Å²) in [7, 11) is 0. The maximum absolute atomic E-state index is 13.7. The van der Waals surface area contributed by atoms with Gasteiger partial charge in [-0.1, -0.05) is 30.3 Å². The van der Waals surface area contributed by atoms with Crippen LogP contribution in [0.15, 0.2) is 42.5 Å². The fraction of sp³-hybridized carbons (Fsp3) is 0.250. The fourth-order valence-electron chi connectivity index (χ4n) is 2.45. The van der Waals surface area contributed by atoms with Gasteiger partial charge in [-0.3, -0.25) is 0 Å². The highest BCUT2D eigenvalue weighted by atomic mass is 19.1. The van der Waals surface area contributed by atoms with E-state index in [-0.39, 0.29) is 18.5 Å².